The molecule has 0 unspecified atom stereocenters. The van der Waals surface area contributed by atoms with Crippen LogP contribution in [0.2, 0.25) is 0 Å². The van der Waals surface area contributed by atoms with Crippen LogP contribution in [0.4, 0.5) is 8.78 Å². The van der Waals surface area contributed by atoms with Crippen molar-refractivity contribution < 1.29 is 13.6 Å². The molecule has 0 heterocycles. The SMILES string of the molecule is CN(C)/C=N/C(=O)c1c(F)cc(Br)cc1F. The maximum atomic E-state index is 13.3. The predicted octanol–water partition coefficient (Wildman–Crippen LogP) is 2.46. The Kier molecular flexibility index (Phi) is 4.12. The van der Waals surface area contributed by atoms with Crippen molar-refractivity contribution in [2.75, 3.05) is 14.1 Å². The molecule has 0 bridgehead atoms. The zero-order valence-corrected chi connectivity index (χ0v) is 10.3. The van der Waals surface area contributed by atoms with Gasteiger partial charge in [0.05, 0.1) is 6.34 Å². The molecule has 0 radical (unpaired) electrons. The van der Waals surface area contributed by atoms with Gasteiger partial charge in [0.25, 0.3) is 5.91 Å². The van der Waals surface area contributed by atoms with Gasteiger partial charge in [-0.25, -0.2) is 8.78 Å². The van der Waals surface area contributed by atoms with Crippen molar-refractivity contribution in [3.05, 3.63) is 33.8 Å². The van der Waals surface area contributed by atoms with Crippen LogP contribution < -0.4 is 0 Å². The lowest BCUT2D eigenvalue weighted by Gasteiger charge is -2.03. The number of amides is 1. The van der Waals surface area contributed by atoms with Gasteiger partial charge in [-0.1, -0.05) is 15.9 Å². The summed E-state index contributed by atoms with van der Waals surface area (Å²) < 4.78 is 26.8. The van der Waals surface area contributed by atoms with Gasteiger partial charge in [-0.15, -0.1) is 0 Å². The van der Waals surface area contributed by atoms with Crippen LogP contribution in [0.1, 0.15) is 10.4 Å². The first-order chi connectivity index (χ1) is 7.41. The quantitative estimate of drug-likeness (QED) is 0.619. The Labute approximate surface area is 99.9 Å². The molecule has 0 aliphatic carbocycles. The van der Waals surface area contributed by atoms with E-state index in [0.29, 0.717) is 0 Å². The topological polar surface area (TPSA) is 32.7 Å². The minimum Gasteiger partial charge on any atom is -0.369 e. The van der Waals surface area contributed by atoms with Gasteiger partial charge < -0.3 is 4.90 Å². The van der Waals surface area contributed by atoms with E-state index in [1.54, 1.807) is 14.1 Å². The molecule has 1 aromatic rings. The zero-order chi connectivity index (χ0) is 12.3. The van der Waals surface area contributed by atoms with Gasteiger partial charge in [0.15, 0.2) is 0 Å². The summed E-state index contributed by atoms with van der Waals surface area (Å²) >= 11 is 2.92. The zero-order valence-electron chi connectivity index (χ0n) is 8.67. The summed E-state index contributed by atoms with van der Waals surface area (Å²) in [6.45, 7) is 0. The van der Waals surface area contributed by atoms with Crippen molar-refractivity contribution in [1.29, 1.82) is 0 Å². The Morgan fingerprint density at radius 1 is 1.38 bits per heavy atom. The van der Waals surface area contributed by atoms with Gasteiger partial charge in [-0.2, -0.15) is 4.99 Å². The molecule has 0 spiro atoms. The van der Waals surface area contributed by atoms with Gasteiger partial charge in [0, 0.05) is 18.6 Å². The van der Waals surface area contributed by atoms with E-state index < -0.39 is 23.1 Å². The molecule has 1 rings (SSSR count). The third kappa shape index (κ3) is 3.10. The predicted molar refractivity (Wildman–Crippen MR) is 60.6 cm³/mol. The summed E-state index contributed by atoms with van der Waals surface area (Å²) in [5.74, 6) is -2.82. The van der Waals surface area contributed by atoms with E-state index in [2.05, 4.69) is 20.9 Å². The first-order valence-electron chi connectivity index (χ1n) is 4.31. The number of hydrogen-bond acceptors (Lipinski definition) is 1. The van der Waals surface area contributed by atoms with Crippen molar-refractivity contribution in [3.8, 4) is 0 Å². The van der Waals surface area contributed by atoms with Crippen molar-refractivity contribution in [1.82, 2.24) is 4.90 Å². The Balaban J connectivity index is 3.09. The van der Waals surface area contributed by atoms with E-state index in [1.165, 1.54) is 11.2 Å². The highest BCUT2D eigenvalue weighted by atomic mass is 79.9. The molecule has 0 saturated carbocycles. The minimum absolute atomic E-state index is 0.232. The molecular formula is C10H9BrF2N2O. The first-order valence-corrected chi connectivity index (χ1v) is 5.10. The van der Waals surface area contributed by atoms with Crippen LogP contribution in [0.15, 0.2) is 21.6 Å². The molecule has 3 nitrogen and oxygen atoms in total. The third-order valence-electron chi connectivity index (χ3n) is 1.63. The smallest absolute Gasteiger partial charge is 0.284 e. The van der Waals surface area contributed by atoms with E-state index in [-0.39, 0.29) is 4.47 Å². The lowest BCUT2D eigenvalue weighted by molar-refractivity contribution is 0.0994. The lowest BCUT2D eigenvalue weighted by atomic mass is 10.2. The maximum absolute atomic E-state index is 13.3. The summed E-state index contributed by atoms with van der Waals surface area (Å²) in [4.78, 5) is 16.3. The highest BCUT2D eigenvalue weighted by Gasteiger charge is 2.17. The van der Waals surface area contributed by atoms with Gasteiger partial charge in [0.2, 0.25) is 0 Å². The number of carbonyl (C=O) groups is 1. The number of rotatable bonds is 2. The number of benzene rings is 1. The summed E-state index contributed by atoms with van der Waals surface area (Å²) in [5.41, 5.74) is -0.652. The molecule has 6 heteroatoms. The molecule has 16 heavy (non-hydrogen) atoms. The normalized spacial score (nSPS) is 10.8. The Hall–Kier alpha value is -1.30. The highest BCUT2D eigenvalue weighted by Crippen LogP contribution is 2.19. The van der Waals surface area contributed by atoms with Crippen LogP contribution in [0.3, 0.4) is 0 Å². The fourth-order valence-electron chi connectivity index (χ4n) is 0.979. The Morgan fingerprint density at radius 3 is 2.31 bits per heavy atom. The fraction of sp³-hybridized carbons (Fsp3) is 0.200. The molecule has 0 saturated heterocycles. The second-order valence-corrected chi connectivity index (χ2v) is 4.17. The summed E-state index contributed by atoms with van der Waals surface area (Å²) in [7, 11) is 3.29. The lowest BCUT2D eigenvalue weighted by Crippen LogP contribution is -2.11. The van der Waals surface area contributed by atoms with Crippen LogP contribution >= 0.6 is 15.9 Å². The van der Waals surface area contributed by atoms with E-state index >= 15 is 0 Å². The molecule has 0 aliphatic heterocycles. The molecule has 1 amide bonds. The maximum Gasteiger partial charge on any atom is 0.284 e. The van der Waals surface area contributed by atoms with Crippen molar-refractivity contribution in [2.24, 2.45) is 4.99 Å². The second kappa shape index (κ2) is 5.16. The van der Waals surface area contributed by atoms with E-state index in [4.69, 9.17) is 0 Å². The molecular weight excluding hydrogens is 282 g/mol. The summed E-state index contributed by atoms with van der Waals surface area (Å²) in [5, 5.41) is 0. The number of hydrogen-bond donors (Lipinski definition) is 0. The van der Waals surface area contributed by atoms with Gasteiger partial charge in [-0.05, 0) is 12.1 Å². The average Bonchev–Trinajstić information content (AvgIpc) is 2.12. The Bertz CT molecular complexity index is 423. The summed E-state index contributed by atoms with van der Waals surface area (Å²) in [6, 6.07) is 2.03. The van der Waals surface area contributed by atoms with Gasteiger partial charge in [0.1, 0.15) is 17.2 Å². The van der Waals surface area contributed by atoms with Gasteiger partial charge >= 0.3 is 0 Å². The van der Waals surface area contributed by atoms with E-state index in [9.17, 15) is 13.6 Å². The van der Waals surface area contributed by atoms with Crippen LogP contribution in [0, 0.1) is 11.6 Å². The number of nitrogens with zero attached hydrogens (tertiary/aromatic N) is 2. The standard InChI is InChI=1S/C10H9BrF2N2O/c1-15(2)5-14-10(16)9-7(12)3-6(11)4-8(9)13/h3-5H,1-2H3/b14-5+. The molecule has 0 aromatic heterocycles. The van der Waals surface area contributed by atoms with Crippen LogP contribution in [0.25, 0.3) is 0 Å². The molecule has 0 atom stereocenters. The average molecular weight is 291 g/mol. The highest BCUT2D eigenvalue weighted by molar-refractivity contribution is 9.10. The van der Waals surface area contributed by atoms with Crippen LogP contribution in [-0.2, 0) is 0 Å². The number of halogens is 3. The largest absolute Gasteiger partial charge is 0.369 e. The second-order valence-electron chi connectivity index (χ2n) is 3.26. The molecule has 86 valence electrons. The van der Waals surface area contributed by atoms with E-state index in [1.807, 2.05) is 0 Å². The molecule has 1 aromatic carbocycles. The molecule has 0 aliphatic rings. The van der Waals surface area contributed by atoms with Gasteiger partial charge in [-0.3, -0.25) is 4.79 Å². The summed E-state index contributed by atoms with van der Waals surface area (Å²) in [6.07, 6.45) is 1.18. The van der Waals surface area contributed by atoms with E-state index in [0.717, 1.165) is 12.1 Å². The monoisotopic (exact) mass is 290 g/mol. The third-order valence-corrected chi connectivity index (χ3v) is 2.08. The Morgan fingerprint density at radius 2 is 1.88 bits per heavy atom. The van der Waals surface area contributed by atoms with Crippen LogP contribution in [0.5, 0.6) is 0 Å². The van der Waals surface area contributed by atoms with Crippen LogP contribution in [-0.4, -0.2) is 31.2 Å². The minimum atomic E-state index is -0.948. The van der Waals surface area contributed by atoms with Crippen molar-refractivity contribution in [3.63, 3.8) is 0 Å². The molecule has 0 fully saturated rings. The number of aliphatic imine (C=N–C) groups is 1. The van der Waals surface area contributed by atoms with Crippen molar-refractivity contribution in [2.45, 2.75) is 0 Å². The molecule has 0 N–H and O–H groups in total. The van der Waals surface area contributed by atoms with Crippen molar-refractivity contribution >= 4 is 28.2 Å². The fourth-order valence-corrected chi connectivity index (χ4v) is 1.38. The first kappa shape index (κ1) is 12.8. The number of carbonyl (C=O) groups excluding carboxylic acids is 1.